The van der Waals surface area contributed by atoms with Crippen molar-refractivity contribution < 1.29 is 9.53 Å². The van der Waals surface area contributed by atoms with Crippen LogP contribution >= 0.6 is 0 Å². The van der Waals surface area contributed by atoms with Gasteiger partial charge in [0.1, 0.15) is 0 Å². The minimum absolute atomic E-state index is 0.201. The van der Waals surface area contributed by atoms with Gasteiger partial charge in [0.15, 0.2) is 0 Å². The maximum atomic E-state index is 11.2. The summed E-state index contributed by atoms with van der Waals surface area (Å²) in [7, 11) is 0. The van der Waals surface area contributed by atoms with Crippen LogP contribution in [0, 0.1) is 5.92 Å². The average Bonchev–Trinajstić information content (AvgIpc) is 2.10. The van der Waals surface area contributed by atoms with Crippen molar-refractivity contribution in [2.45, 2.75) is 40.5 Å². The Hall–Kier alpha value is -0.790. The fourth-order valence-corrected chi connectivity index (χ4v) is 0.911. The summed E-state index contributed by atoms with van der Waals surface area (Å²) < 4.78 is 5.02. The van der Waals surface area contributed by atoms with Crippen molar-refractivity contribution in [1.82, 2.24) is 0 Å². The molecule has 0 rings (SSSR count). The van der Waals surface area contributed by atoms with E-state index in [0.29, 0.717) is 12.5 Å². The lowest BCUT2D eigenvalue weighted by Gasteiger charge is -2.05. The van der Waals surface area contributed by atoms with E-state index in [9.17, 15) is 4.79 Å². The highest BCUT2D eigenvalue weighted by molar-refractivity contribution is 5.82. The molecule has 0 aliphatic carbocycles. The van der Waals surface area contributed by atoms with Gasteiger partial charge in [-0.2, -0.15) is 0 Å². The largest absolute Gasteiger partial charge is 0.462 e. The monoisotopic (exact) mass is 184 g/mol. The Morgan fingerprint density at radius 1 is 1.31 bits per heavy atom. The highest BCUT2D eigenvalue weighted by Gasteiger charge is 2.01. The molecule has 0 bridgehead atoms. The molecule has 0 aliphatic heterocycles. The van der Waals surface area contributed by atoms with Gasteiger partial charge in [-0.15, -0.1) is 0 Å². The fourth-order valence-electron chi connectivity index (χ4n) is 0.911. The van der Waals surface area contributed by atoms with Crippen molar-refractivity contribution in [3.05, 3.63) is 11.6 Å². The Kier molecular flexibility index (Phi) is 6.29. The number of esters is 1. The lowest BCUT2D eigenvalue weighted by molar-refractivity contribution is -0.138. The van der Waals surface area contributed by atoms with Gasteiger partial charge in [-0.3, -0.25) is 0 Å². The number of hydrogen-bond acceptors (Lipinski definition) is 2. The zero-order valence-corrected chi connectivity index (χ0v) is 9.09. The molecule has 13 heavy (non-hydrogen) atoms. The van der Waals surface area contributed by atoms with Gasteiger partial charge < -0.3 is 4.74 Å². The first kappa shape index (κ1) is 12.2. The second-order valence-corrected chi connectivity index (χ2v) is 3.53. The van der Waals surface area contributed by atoms with Gasteiger partial charge in [0.2, 0.25) is 0 Å². The third kappa shape index (κ3) is 6.38. The molecule has 0 amide bonds. The molecule has 0 atom stereocenters. The highest BCUT2D eigenvalue weighted by atomic mass is 16.5. The molecule has 0 spiro atoms. The van der Waals surface area contributed by atoms with Crippen molar-refractivity contribution in [2.24, 2.45) is 5.92 Å². The second kappa shape index (κ2) is 6.70. The molecular formula is C11H20O2. The van der Waals surface area contributed by atoms with Gasteiger partial charge in [0, 0.05) is 6.08 Å². The Labute approximate surface area is 81.0 Å². The standard InChI is InChI=1S/C11H20O2/c1-5-10(6-2)7-11(12)13-8-9(3)4/h7,9H,5-6,8H2,1-4H3. The Balaban J connectivity index is 3.90. The lowest BCUT2D eigenvalue weighted by atomic mass is 10.1. The maximum Gasteiger partial charge on any atom is 0.330 e. The van der Waals surface area contributed by atoms with Gasteiger partial charge in [-0.1, -0.05) is 33.3 Å². The van der Waals surface area contributed by atoms with E-state index in [1.54, 1.807) is 6.08 Å². The predicted octanol–water partition coefficient (Wildman–Crippen LogP) is 2.93. The van der Waals surface area contributed by atoms with E-state index in [1.165, 1.54) is 0 Å². The SMILES string of the molecule is CCC(=CC(=O)OCC(C)C)CC. The summed E-state index contributed by atoms with van der Waals surface area (Å²) in [6, 6.07) is 0. The molecule has 0 saturated carbocycles. The van der Waals surface area contributed by atoms with E-state index in [-0.39, 0.29) is 5.97 Å². The number of ether oxygens (including phenoxy) is 1. The van der Waals surface area contributed by atoms with Crippen molar-refractivity contribution in [3.63, 3.8) is 0 Å². The Bertz CT molecular complexity index is 175. The van der Waals surface area contributed by atoms with Gasteiger partial charge in [0.25, 0.3) is 0 Å². The van der Waals surface area contributed by atoms with Crippen LogP contribution in [-0.4, -0.2) is 12.6 Å². The normalized spacial score (nSPS) is 9.92. The van der Waals surface area contributed by atoms with Gasteiger partial charge in [-0.25, -0.2) is 4.79 Å². The lowest BCUT2D eigenvalue weighted by Crippen LogP contribution is -2.07. The molecule has 76 valence electrons. The molecule has 0 fully saturated rings. The number of carbonyl (C=O) groups excluding carboxylic acids is 1. The quantitative estimate of drug-likeness (QED) is 0.485. The van der Waals surface area contributed by atoms with Crippen LogP contribution in [0.25, 0.3) is 0 Å². The zero-order valence-electron chi connectivity index (χ0n) is 9.09. The van der Waals surface area contributed by atoms with Gasteiger partial charge in [0.05, 0.1) is 6.61 Å². The molecule has 0 radical (unpaired) electrons. The van der Waals surface area contributed by atoms with E-state index in [2.05, 4.69) is 0 Å². The Morgan fingerprint density at radius 2 is 1.85 bits per heavy atom. The van der Waals surface area contributed by atoms with E-state index in [0.717, 1.165) is 18.4 Å². The average molecular weight is 184 g/mol. The molecule has 2 heteroatoms. The predicted molar refractivity (Wildman–Crippen MR) is 54.5 cm³/mol. The van der Waals surface area contributed by atoms with E-state index < -0.39 is 0 Å². The van der Waals surface area contributed by atoms with E-state index in [4.69, 9.17) is 4.74 Å². The van der Waals surface area contributed by atoms with Crippen molar-refractivity contribution in [1.29, 1.82) is 0 Å². The highest BCUT2D eigenvalue weighted by Crippen LogP contribution is 2.05. The molecule has 2 nitrogen and oxygen atoms in total. The summed E-state index contributed by atoms with van der Waals surface area (Å²) in [5.41, 5.74) is 1.15. The topological polar surface area (TPSA) is 26.3 Å². The molecule has 0 unspecified atom stereocenters. The van der Waals surface area contributed by atoms with Crippen LogP contribution in [0.2, 0.25) is 0 Å². The first-order valence-corrected chi connectivity index (χ1v) is 4.96. The molecule has 0 saturated heterocycles. The van der Waals surface area contributed by atoms with Gasteiger partial charge in [-0.05, 0) is 18.8 Å². The number of allylic oxidation sites excluding steroid dienone is 1. The molecular weight excluding hydrogens is 164 g/mol. The first-order chi connectivity index (χ1) is 6.10. The molecule has 0 aromatic heterocycles. The summed E-state index contributed by atoms with van der Waals surface area (Å²) in [6.45, 7) is 8.65. The molecule has 0 heterocycles. The van der Waals surface area contributed by atoms with Gasteiger partial charge >= 0.3 is 5.97 Å². The van der Waals surface area contributed by atoms with Crippen LogP contribution in [0.5, 0.6) is 0 Å². The third-order valence-electron chi connectivity index (χ3n) is 1.79. The number of rotatable bonds is 5. The first-order valence-electron chi connectivity index (χ1n) is 4.96. The number of hydrogen-bond donors (Lipinski definition) is 0. The van der Waals surface area contributed by atoms with Crippen molar-refractivity contribution in [2.75, 3.05) is 6.61 Å². The van der Waals surface area contributed by atoms with E-state index >= 15 is 0 Å². The van der Waals surface area contributed by atoms with Crippen LogP contribution in [0.15, 0.2) is 11.6 Å². The minimum atomic E-state index is -0.201. The van der Waals surface area contributed by atoms with Crippen molar-refractivity contribution in [3.8, 4) is 0 Å². The smallest absolute Gasteiger partial charge is 0.330 e. The molecule has 0 N–H and O–H groups in total. The van der Waals surface area contributed by atoms with Crippen LogP contribution in [0.4, 0.5) is 0 Å². The van der Waals surface area contributed by atoms with Crippen LogP contribution < -0.4 is 0 Å². The fraction of sp³-hybridized carbons (Fsp3) is 0.727. The van der Waals surface area contributed by atoms with E-state index in [1.807, 2.05) is 27.7 Å². The summed E-state index contributed by atoms with van der Waals surface area (Å²) in [5.74, 6) is 0.205. The van der Waals surface area contributed by atoms with Crippen LogP contribution in [-0.2, 0) is 9.53 Å². The van der Waals surface area contributed by atoms with Crippen molar-refractivity contribution >= 4 is 5.97 Å². The maximum absolute atomic E-state index is 11.2. The second-order valence-electron chi connectivity index (χ2n) is 3.53. The molecule has 0 aromatic rings. The summed E-state index contributed by atoms with van der Waals surface area (Å²) >= 11 is 0. The molecule has 0 aliphatic rings. The number of carbonyl (C=O) groups is 1. The zero-order chi connectivity index (χ0) is 10.3. The minimum Gasteiger partial charge on any atom is -0.462 e. The Morgan fingerprint density at radius 3 is 2.23 bits per heavy atom. The summed E-state index contributed by atoms with van der Waals surface area (Å²) in [6.07, 6.45) is 3.46. The summed E-state index contributed by atoms with van der Waals surface area (Å²) in [4.78, 5) is 11.2. The van der Waals surface area contributed by atoms with Crippen LogP contribution in [0.3, 0.4) is 0 Å². The molecule has 0 aromatic carbocycles. The van der Waals surface area contributed by atoms with Crippen LogP contribution in [0.1, 0.15) is 40.5 Å². The third-order valence-corrected chi connectivity index (χ3v) is 1.79. The summed E-state index contributed by atoms with van der Waals surface area (Å²) in [5, 5.41) is 0.